The molecular weight excluding hydrogens is 244 g/mol. The summed E-state index contributed by atoms with van der Waals surface area (Å²) in [5, 5.41) is 3.50. The smallest absolute Gasteiger partial charge is 0.261 e. The fraction of sp³-hybridized carbons (Fsp3) is 0.385. The monoisotopic (exact) mass is 258 g/mol. The third-order valence-electron chi connectivity index (χ3n) is 3.17. The summed E-state index contributed by atoms with van der Waals surface area (Å²) in [7, 11) is 0. The van der Waals surface area contributed by atoms with E-state index in [1.807, 2.05) is 6.92 Å². The molecule has 1 aromatic rings. The molecule has 0 saturated heterocycles. The van der Waals surface area contributed by atoms with Gasteiger partial charge >= 0.3 is 0 Å². The predicted octanol–water partition coefficient (Wildman–Crippen LogP) is 2.76. The van der Waals surface area contributed by atoms with Crippen LogP contribution in [-0.4, -0.2) is 29.3 Å². The van der Waals surface area contributed by atoms with Gasteiger partial charge in [0, 0.05) is 17.5 Å². The van der Waals surface area contributed by atoms with E-state index in [0.29, 0.717) is 17.5 Å². The zero-order valence-electron chi connectivity index (χ0n) is 10.6. The molecule has 0 aliphatic carbocycles. The summed E-state index contributed by atoms with van der Waals surface area (Å²) in [4.78, 5) is 28.4. The number of carbonyl (C=O) groups is 2. The fourth-order valence-electron chi connectivity index (χ4n) is 2.31. The lowest BCUT2D eigenvalue weighted by Gasteiger charge is -2.24. The number of benzene rings is 1. The molecule has 19 heavy (non-hydrogen) atoms. The number of hydrogen-bond donors (Lipinski definition) is 0. The van der Waals surface area contributed by atoms with Crippen molar-refractivity contribution >= 4 is 11.8 Å². The molecule has 1 aliphatic heterocycles. The van der Waals surface area contributed by atoms with Crippen LogP contribution in [0.5, 0.6) is 0 Å². The Morgan fingerprint density at radius 2 is 1.84 bits per heavy atom. The highest BCUT2D eigenvalue weighted by atomic mass is 16.2. The lowest BCUT2D eigenvalue weighted by atomic mass is 10.1. The summed E-state index contributed by atoms with van der Waals surface area (Å²) >= 11 is 0. The van der Waals surface area contributed by atoms with Crippen LogP contribution in [-0.2, 0) is 0 Å². The molecule has 1 aliphatic rings. The van der Waals surface area contributed by atoms with Gasteiger partial charge in [0.05, 0.1) is 11.1 Å². The Kier molecular flexibility index (Phi) is 3.82. The Morgan fingerprint density at radius 3 is 2.32 bits per heavy atom. The second-order valence-electron chi connectivity index (χ2n) is 4.38. The first-order valence-corrected chi connectivity index (χ1v) is 6.18. The van der Waals surface area contributed by atoms with Crippen molar-refractivity contribution in [2.45, 2.75) is 25.8 Å². The maximum atomic E-state index is 12.3. The summed E-state index contributed by atoms with van der Waals surface area (Å²) in [6.45, 7) is 2.08. The molecule has 0 N–H and O–H groups in total. The lowest BCUT2D eigenvalue weighted by Crippen LogP contribution is -2.41. The normalized spacial score (nSPS) is 15.1. The van der Waals surface area contributed by atoms with Crippen LogP contribution in [0.4, 0.5) is 0 Å². The first-order chi connectivity index (χ1) is 9.20. The van der Waals surface area contributed by atoms with Gasteiger partial charge in [-0.15, -0.1) is 0 Å². The lowest BCUT2D eigenvalue weighted by molar-refractivity contribution is 0.0581. The van der Waals surface area contributed by atoms with Gasteiger partial charge in [0.15, 0.2) is 0 Å². The van der Waals surface area contributed by atoms with E-state index in [1.165, 1.54) is 4.90 Å². The topological polar surface area (TPSA) is 86.1 Å². The minimum Gasteiger partial charge on any atom is -0.271 e. The standard InChI is InChI=1S/C13H14N4O2/c1-2-5-9(8-15-16-14)17-12(18)10-6-3-4-7-11(10)13(17)19/h3-4,6-7,9H,2,5,8H2,1H3/t9-/m0/s1. The molecule has 1 aromatic carbocycles. The minimum absolute atomic E-state index is 0.121. The maximum absolute atomic E-state index is 12.3. The van der Waals surface area contributed by atoms with Gasteiger partial charge < -0.3 is 0 Å². The second kappa shape index (κ2) is 5.54. The number of hydrogen-bond acceptors (Lipinski definition) is 3. The highest BCUT2D eigenvalue weighted by Gasteiger charge is 2.38. The van der Waals surface area contributed by atoms with Crippen molar-refractivity contribution in [2.24, 2.45) is 5.11 Å². The fourth-order valence-corrected chi connectivity index (χ4v) is 2.31. The average molecular weight is 258 g/mol. The van der Waals surface area contributed by atoms with Crippen LogP contribution in [0.2, 0.25) is 0 Å². The average Bonchev–Trinajstić information content (AvgIpc) is 2.68. The largest absolute Gasteiger partial charge is 0.271 e. The summed E-state index contributed by atoms with van der Waals surface area (Å²) < 4.78 is 0. The van der Waals surface area contributed by atoms with Gasteiger partial charge in [-0.3, -0.25) is 14.5 Å². The van der Waals surface area contributed by atoms with Gasteiger partial charge in [0.1, 0.15) is 0 Å². The molecule has 0 radical (unpaired) electrons. The van der Waals surface area contributed by atoms with Crippen molar-refractivity contribution in [2.75, 3.05) is 6.54 Å². The summed E-state index contributed by atoms with van der Waals surface area (Å²) in [5.74, 6) is -0.598. The van der Waals surface area contributed by atoms with Crippen LogP contribution < -0.4 is 0 Å². The summed E-state index contributed by atoms with van der Waals surface area (Å²) in [6, 6.07) is 6.39. The first-order valence-electron chi connectivity index (χ1n) is 6.18. The SMILES string of the molecule is CCC[C@@H](CN=[N+]=[N-])N1C(=O)c2ccccc2C1=O. The maximum Gasteiger partial charge on any atom is 0.261 e. The Morgan fingerprint density at radius 1 is 1.26 bits per heavy atom. The minimum atomic E-state index is -0.367. The van der Waals surface area contributed by atoms with E-state index in [0.717, 1.165) is 6.42 Å². The van der Waals surface area contributed by atoms with Crippen LogP contribution in [0.25, 0.3) is 10.4 Å². The number of azide groups is 1. The van der Waals surface area contributed by atoms with Gasteiger partial charge in [-0.05, 0) is 24.1 Å². The number of amides is 2. The van der Waals surface area contributed by atoms with Gasteiger partial charge in [-0.1, -0.05) is 30.6 Å². The number of imide groups is 1. The van der Waals surface area contributed by atoms with Crippen molar-refractivity contribution < 1.29 is 9.59 Å². The number of nitrogens with zero attached hydrogens (tertiary/aromatic N) is 4. The van der Waals surface area contributed by atoms with E-state index in [9.17, 15) is 9.59 Å². The van der Waals surface area contributed by atoms with Crippen molar-refractivity contribution in [1.29, 1.82) is 0 Å². The van der Waals surface area contributed by atoms with Crippen LogP contribution in [0, 0.1) is 0 Å². The molecule has 2 amide bonds. The number of carbonyl (C=O) groups excluding carboxylic acids is 2. The van der Waals surface area contributed by atoms with Crippen LogP contribution in [0.3, 0.4) is 0 Å². The quantitative estimate of drug-likeness (QED) is 0.352. The summed E-state index contributed by atoms with van der Waals surface area (Å²) in [5.41, 5.74) is 9.25. The molecule has 1 heterocycles. The van der Waals surface area contributed by atoms with Gasteiger partial charge in [0.2, 0.25) is 0 Å². The van der Waals surface area contributed by atoms with Crippen LogP contribution >= 0.6 is 0 Å². The van der Waals surface area contributed by atoms with Crippen LogP contribution in [0.15, 0.2) is 29.4 Å². The molecule has 0 saturated carbocycles. The van der Waals surface area contributed by atoms with Crippen molar-refractivity contribution in [3.8, 4) is 0 Å². The first kappa shape index (κ1) is 13.1. The Bertz CT molecular complexity index is 529. The molecule has 6 nitrogen and oxygen atoms in total. The highest BCUT2D eigenvalue weighted by Crippen LogP contribution is 2.26. The molecule has 98 valence electrons. The van der Waals surface area contributed by atoms with Crippen molar-refractivity contribution in [1.82, 2.24) is 4.90 Å². The summed E-state index contributed by atoms with van der Waals surface area (Å²) in [6.07, 6.45) is 1.43. The molecule has 6 heteroatoms. The van der Waals surface area contributed by atoms with Gasteiger partial charge in [-0.2, -0.15) is 0 Å². The predicted molar refractivity (Wildman–Crippen MR) is 69.7 cm³/mol. The number of rotatable bonds is 5. The molecule has 1 atom stereocenters. The third kappa shape index (κ3) is 2.30. The Balaban J connectivity index is 2.33. The second-order valence-corrected chi connectivity index (χ2v) is 4.38. The Hall–Kier alpha value is -2.33. The molecule has 0 fully saturated rings. The number of fused-ring (bicyclic) bond motifs is 1. The van der Waals surface area contributed by atoms with E-state index in [2.05, 4.69) is 10.0 Å². The third-order valence-corrected chi connectivity index (χ3v) is 3.17. The molecule has 0 bridgehead atoms. The van der Waals surface area contributed by atoms with Crippen molar-refractivity contribution in [3.05, 3.63) is 45.8 Å². The van der Waals surface area contributed by atoms with E-state index in [1.54, 1.807) is 24.3 Å². The highest BCUT2D eigenvalue weighted by molar-refractivity contribution is 6.21. The molecule has 0 aromatic heterocycles. The van der Waals surface area contributed by atoms with Gasteiger partial charge in [-0.25, -0.2) is 0 Å². The molecule has 0 spiro atoms. The zero-order chi connectivity index (χ0) is 13.8. The van der Waals surface area contributed by atoms with E-state index < -0.39 is 0 Å². The molecule has 2 rings (SSSR count). The molecular formula is C13H14N4O2. The van der Waals surface area contributed by atoms with Crippen LogP contribution in [0.1, 0.15) is 40.5 Å². The van der Waals surface area contributed by atoms with E-state index in [-0.39, 0.29) is 24.4 Å². The van der Waals surface area contributed by atoms with E-state index >= 15 is 0 Å². The zero-order valence-corrected chi connectivity index (χ0v) is 10.6. The van der Waals surface area contributed by atoms with E-state index in [4.69, 9.17) is 5.53 Å². The van der Waals surface area contributed by atoms with Gasteiger partial charge in [0.25, 0.3) is 11.8 Å². The molecule has 0 unspecified atom stereocenters. The van der Waals surface area contributed by atoms with Crippen molar-refractivity contribution in [3.63, 3.8) is 0 Å². The Labute approximate surface area is 110 Å².